The van der Waals surface area contributed by atoms with Gasteiger partial charge in [-0.3, -0.25) is 0 Å². The third-order valence-corrected chi connectivity index (χ3v) is 17.3. The summed E-state index contributed by atoms with van der Waals surface area (Å²) in [7, 11) is 0. The first-order valence-corrected chi connectivity index (χ1v) is 26.6. The summed E-state index contributed by atoms with van der Waals surface area (Å²) < 4.78 is 0. The molecule has 4 aliphatic rings. The zero-order valence-corrected chi connectivity index (χ0v) is 40.9. The average molecular weight is 927 g/mol. The molecule has 348 valence electrons. The lowest BCUT2D eigenvalue weighted by atomic mass is 9.67. The molecule has 10 aromatic rings. The average Bonchev–Trinajstić information content (AvgIpc) is 3.86. The van der Waals surface area contributed by atoms with Gasteiger partial charge >= 0.3 is 0 Å². The second-order valence-corrected chi connectivity index (χ2v) is 21.0. The molecule has 2 fully saturated rings. The summed E-state index contributed by atoms with van der Waals surface area (Å²) in [6.45, 7) is 0. The lowest BCUT2D eigenvalue weighted by Gasteiger charge is -2.37. The Kier molecular flexibility index (Phi) is 10.4. The SMILES string of the molecule is c1ccc(-c2ccc(N(c3ccc(-c4ccc(N(c5ccc6c(c5)C5(CCCCC5)c5ccccc5-6)c5ccc6c(c5)C5(CCCCC5)c5ccccc5-6)cc4)cc3)c3cccc4ccccc34)cc2)cc1. The fraction of sp³-hybridized carbons (Fsp3) is 0.171. The highest BCUT2D eigenvalue weighted by Crippen LogP contribution is 2.59. The normalized spacial score (nSPS) is 15.7. The van der Waals surface area contributed by atoms with E-state index in [1.54, 1.807) is 0 Å². The number of hydrogen-bond donors (Lipinski definition) is 0. The van der Waals surface area contributed by atoms with E-state index in [0.717, 1.165) is 17.1 Å². The predicted molar refractivity (Wildman–Crippen MR) is 303 cm³/mol. The Hall–Kier alpha value is -7.94. The molecule has 0 bridgehead atoms. The molecule has 0 aliphatic heterocycles. The highest BCUT2D eigenvalue weighted by atomic mass is 15.1. The van der Waals surface area contributed by atoms with Crippen molar-refractivity contribution >= 4 is 44.9 Å². The summed E-state index contributed by atoms with van der Waals surface area (Å²) in [4.78, 5) is 4.97. The second kappa shape index (κ2) is 17.4. The molecule has 0 heterocycles. The monoisotopic (exact) mass is 926 g/mol. The fourth-order valence-electron chi connectivity index (χ4n) is 13.9. The number of anilines is 6. The second-order valence-electron chi connectivity index (χ2n) is 21.0. The molecule has 2 nitrogen and oxygen atoms in total. The minimum atomic E-state index is 0.0718. The predicted octanol–water partition coefficient (Wildman–Crippen LogP) is 19.6. The number of fused-ring (bicyclic) bond motifs is 11. The number of nitrogens with zero attached hydrogens (tertiary/aromatic N) is 2. The van der Waals surface area contributed by atoms with Crippen LogP contribution in [-0.2, 0) is 10.8 Å². The van der Waals surface area contributed by atoms with Crippen molar-refractivity contribution in [1.29, 1.82) is 0 Å². The fourth-order valence-corrected chi connectivity index (χ4v) is 13.9. The lowest BCUT2D eigenvalue weighted by molar-refractivity contribution is 0.353. The molecule has 4 aliphatic carbocycles. The molecule has 72 heavy (non-hydrogen) atoms. The van der Waals surface area contributed by atoms with Crippen LogP contribution in [0.25, 0.3) is 55.3 Å². The van der Waals surface area contributed by atoms with Crippen molar-refractivity contribution in [2.75, 3.05) is 9.80 Å². The van der Waals surface area contributed by atoms with E-state index in [4.69, 9.17) is 0 Å². The Morgan fingerprint density at radius 2 is 0.653 bits per heavy atom. The van der Waals surface area contributed by atoms with Crippen LogP contribution in [-0.4, -0.2) is 0 Å². The van der Waals surface area contributed by atoms with E-state index in [2.05, 4.69) is 240 Å². The summed E-state index contributed by atoms with van der Waals surface area (Å²) in [5.74, 6) is 0. The van der Waals surface area contributed by atoms with Crippen molar-refractivity contribution in [2.45, 2.75) is 75.0 Å². The molecule has 0 amide bonds. The third kappa shape index (κ3) is 6.90. The van der Waals surface area contributed by atoms with Crippen LogP contribution in [0.3, 0.4) is 0 Å². The molecule has 0 N–H and O–H groups in total. The molecule has 0 aromatic heterocycles. The van der Waals surface area contributed by atoms with Crippen LogP contribution < -0.4 is 9.80 Å². The molecule has 0 radical (unpaired) electrons. The topological polar surface area (TPSA) is 6.48 Å². The van der Waals surface area contributed by atoms with E-state index in [9.17, 15) is 0 Å². The summed E-state index contributed by atoms with van der Waals surface area (Å²) in [6, 6.07) is 87.0. The van der Waals surface area contributed by atoms with Crippen molar-refractivity contribution in [2.24, 2.45) is 0 Å². The zero-order valence-electron chi connectivity index (χ0n) is 40.9. The largest absolute Gasteiger partial charge is 0.310 e. The van der Waals surface area contributed by atoms with Gasteiger partial charge in [-0.05, 0) is 165 Å². The van der Waals surface area contributed by atoms with Crippen molar-refractivity contribution in [3.05, 3.63) is 253 Å². The Labute approximate surface area is 424 Å². The molecule has 2 spiro atoms. The lowest BCUT2D eigenvalue weighted by Crippen LogP contribution is -2.28. The Morgan fingerprint density at radius 1 is 0.264 bits per heavy atom. The van der Waals surface area contributed by atoms with Gasteiger partial charge in [-0.15, -0.1) is 0 Å². The van der Waals surface area contributed by atoms with E-state index >= 15 is 0 Å². The molecular formula is C70H58N2. The highest BCUT2D eigenvalue weighted by Gasteiger charge is 2.45. The van der Waals surface area contributed by atoms with Crippen molar-refractivity contribution < 1.29 is 0 Å². The quantitative estimate of drug-likeness (QED) is 0.150. The molecular weight excluding hydrogens is 869 g/mol. The minimum absolute atomic E-state index is 0.0718. The van der Waals surface area contributed by atoms with Gasteiger partial charge in [0.2, 0.25) is 0 Å². The Bertz CT molecular complexity index is 3510. The minimum Gasteiger partial charge on any atom is -0.310 e. The zero-order chi connectivity index (χ0) is 47.6. The molecule has 2 heteroatoms. The van der Waals surface area contributed by atoms with E-state index < -0.39 is 0 Å². The van der Waals surface area contributed by atoms with E-state index in [1.807, 2.05) is 0 Å². The highest BCUT2D eigenvalue weighted by molar-refractivity contribution is 5.99. The van der Waals surface area contributed by atoms with Crippen LogP contribution in [0.15, 0.2) is 231 Å². The first kappa shape index (κ1) is 42.9. The van der Waals surface area contributed by atoms with Crippen LogP contribution in [0.4, 0.5) is 34.1 Å². The molecule has 10 aromatic carbocycles. The molecule has 0 atom stereocenters. The maximum absolute atomic E-state index is 2.59. The summed E-state index contributed by atoms with van der Waals surface area (Å²) in [5.41, 5.74) is 23.8. The summed E-state index contributed by atoms with van der Waals surface area (Å²) >= 11 is 0. The van der Waals surface area contributed by atoms with Crippen LogP contribution in [0, 0.1) is 0 Å². The summed E-state index contributed by atoms with van der Waals surface area (Å²) in [6.07, 6.45) is 12.6. The van der Waals surface area contributed by atoms with E-state index in [0.29, 0.717) is 0 Å². The first-order chi connectivity index (χ1) is 35.6. The van der Waals surface area contributed by atoms with Crippen LogP contribution in [0.2, 0.25) is 0 Å². The van der Waals surface area contributed by atoms with Crippen LogP contribution in [0.5, 0.6) is 0 Å². The van der Waals surface area contributed by atoms with Crippen LogP contribution >= 0.6 is 0 Å². The van der Waals surface area contributed by atoms with Gasteiger partial charge < -0.3 is 9.80 Å². The maximum Gasteiger partial charge on any atom is 0.0540 e. The van der Waals surface area contributed by atoms with Crippen molar-refractivity contribution in [1.82, 2.24) is 0 Å². The van der Waals surface area contributed by atoms with Gasteiger partial charge in [0.1, 0.15) is 0 Å². The smallest absolute Gasteiger partial charge is 0.0540 e. The van der Waals surface area contributed by atoms with E-state index in [-0.39, 0.29) is 10.8 Å². The van der Waals surface area contributed by atoms with Crippen molar-refractivity contribution in [3.63, 3.8) is 0 Å². The maximum atomic E-state index is 2.59. The van der Waals surface area contributed by atoms with Gasteiger partial charge in [-0.1, -0.05) is 202 Å². The third-order valence-electron chi connectivity index (χ3n) is 17.3. The van der Waals surface area contributed by atoms with Gasteiger partial charge in [0.15, 0.2) is 0 Å². The Morgan fingerprint density at radius 3 is 1.17 bits per heavy atom. The van der Waals surface area contributed by atoms with Gasteiger partial charge in [0.05, 0.1) is 5.69 Å². The molecule has 14 rings (SSSR count). The molecule has 0 unspecified atom stereocenters. The van der Waals surface area contributed by atoms with Crippen molar-refractivity contribution in [3.8, 4) is 44.5 Å². The van der Waals surface area contributed by atoms with Gasteiger partial charge in [0.25, 0.3) is 0 Å². The van der Waals surface area contributed by atoms with Gasteiger partial charge in [0, 0.05) is 44.7 Å². The molecule has 2 saturated carbocycles. The van der Waals surface area contributed by atoms with E-state index in [1.165, 1.54) is 159 Å². The molecule has 0 saturated heterocycles. The number of benzene rings is 10. The first-order valence-electron chi connectivity index (χ1n) is 26.6. The Balaban J connectivity index is 0.857. The standard InChI is InChI=1S/C70H58N2/c1-4-17-49(18-5-1)50-29-35-55(36-30-50)72(68-26-16-20-53-19-6-7-21-59(53)68)56-37-31-52(32-38-56)51-27-33-54(34-28-51)71(57-39-41-62-60-22-8-10-24-64(60)69(66(62)47-57)43-12-2-13-44-69)58-40-42-63-61-23-9-11-25-65(61)70(67(63)48-58)45-14-3-15-46-70/h1,4-11,16-42,47-48H,2-3,12-15,43-46H2. The number of hydrogen-bond acceptors (Lipinski definition) is 2. The van der Waals surface area contributed by atoms with Crippen LogP contribution in [0.1, 0.15) is 86.5 Å². The van der Waals surface area contributed by atoms with Gasteiger partial charge in [-0.25, -0.2) is 0 Å². The summed E-state index contributed by atoms with van der Waals surface area (Å²) in [5, 5.41) is 2.45. The van der Waals surface area contributed by atoms with Gasteiger partial charge in [-0.2, -0.15) is 0 Å². The number of rotatable bonds is 8.